The monoisotopic (exact) mass is 422 g/mol. The molecular formula is C25H30N2O2S. The minimum absolute atomic E-state index is 0.225. The van der Waals surface area contributed by atoms with Crippen LogP contribution in [0.5, 0.6) is 5.75 Å². The summed E-state index contributed by atoms with van der Waals surface area (Å²) in [4.78, 5) is 19.3. The van der Waals surface area contributed by atoms with Gasteiger partial charge in [0.25, 0.3) is 5.91 Å². The third kappa shape index (κ3) is 5.08. The molecule has 1 aromatic heterocycles. The van der Waals surface area contributed by atoms with Crippen LogP contribution >= 0.6 is 11.3 Å². The number of carbonyl (C=O) groups excluding carboxylic acids is 1. The Morgan fingerprint density at radius 2 is 1.73 bits per heavy atom. The van der Waals surface area contributed by atoms with Gasteiger partial charge in [0, 0.05) is 17.0 Å². The zero-order valence-corrected chi connectivity index (χ0v) is 19.1. The van der Waals surface area contributed by atoms with Crippen molar-refractivity contribution in [3.05, 3.63) is 69.3 Å². The molecule has 0 radical (unpaired) electrons. The van der Waals surface area contributed by atoms with Crippen molar-refractivity contribution in [3.8, 4) is 17.0 Å². The summed E-state index contributed by atoms with van der Waals surface area (Å²) in [5, 5.41) is 0. The van der Waals surface area contributed by atoms with Crippen LogP contribution in [-0.2, 0) is 13.0 Å². The SMILES string of the molecule is CCCCOc1ccc(C(=O)N=c2sc(CC)c(-c3ccc(C)cc3)n2CC)cc1. The highest BCUT2D eigenvalue weighted by Gasteiger charge is 2.15. The summed E-state index contributed by atoms with van der Waals surface area (Å²) in [7, 11) is 0. The molecule has 0 aliphatic heterocycles. The Morgan fingerprint density at radius 3 is 2.33 bits per heavy atom. The van der Waals surface area contributed by atoms with Gasteiger partial charge in [0.2, 0.25) is 0 Å². The third-order valence-electron chi connectivity index (χ3n) is 5.01. The molecule has 5 heteroatoms. The molecule has 0 bridgehead atoms. The van der Waals surface area contributed by atoms with Crippen LogP contribution < -0.4 is 9.54 Å². The standard InChI is InChI=1S/C25H30N2O2S/c1-5-8-17-29-21-15-13-20(14-16-21)24(28)26-25-27(7-3)23(22(6-2)30-25)19-11-9-18(4)10-12-19/h9-16H,5-8,17H2,1-4H3. The lowest BCUT2D eigenvalue weighted by atomic mass is 10.1. The molecule has 0 spiro atoms. The van der Waals surface area contributed by atoms with E-state index >= 15 is 0 Å². The maximum absolute atomic E-state index is 12.8. The highest BCUT2D eigenvalue weighted by molar-refractivity contribution is 7.09. The highest BCUT2D eigenvalue weighted by Crippen LogP contribution is 2.27. The third-order valence-corrected chi connectivity index (χ3v) is 6.23. The topological polar surface area (TPSA) is 43.6 Å². The molecule has 0 fully saturated rings. The first-order chi connectivity index (χ1) is 14.6. The maximum atomic E-state index is 12.8. The van der Waals surface area contributed by atoms with Crippen molar-refractivity contribution in [1.29, 1.82) is 0 Å². The summed E-state index contributed by atoms with van der Waals surface area (Å²) in [6, 6.07) is 15.8. The fraction of sp³-hybridized carbons (Fsp3) is 0.360. The average Bonchev–Trinajstić information content (AvgIpc) is 3.12. The summed E-state index contributed by atoms with van der Waals surface area (Å²) in [6.45, 7) is 9.92. The summed E-state index contributed by atoms with van der Waals surface area (Å²) >= 11 is 1.60. The van der Waals surface area contributed by atoms with Gasteiger partial charge in [0.15, 0.2) is 4.80 Å². The zero-order valence-electron chi connectivity index (χ0n) is 18.3. The lowest BCUT2D eigenvalue weighted by molar-refractivity contribution is 0.0998. The molecule has 2 aromatic carbocycles. The quantitative estimate of drug-likeness (QED) is 0.416. The second-order valence-electron chi connectivity index (χ2n) is 7.26. The van der Waals surface area contributed by atoms with E-state index in [-0.39, 0.29) is 5.91 Å². The van der Waals surface area contributed by atoms with Gasteiger partial charge in [-0.25, -0.2) is 0 Å². The van der Waals surface area contributed by atoms with E-state index in [1.165, 1.54) is 10.4 Å². The number of carbonyl (C=O) groups is 1. The van der Waals surface area contributed by atoms with E-state index < -0.39 is 0 Å². The van der Waals surface area contributed by atoms with Crippen molar-refractivity contribution in [1.82, 2.24) is 4.57 Å². The fourth-order valence-electron chi connectivity index (χ4n) is 3.28. The smallest absolute Gasteiger partial charge is 0.279 e. The molecule has 0 unspecified atom stereocenters. The number of rotatable bonds is 8. The summed E-state index contributed by atoms with van der Waals surface area (Å²) in [6.07, 6.45) is 3.02. The Hall–Kier alpha value is -2.66. The van der Waals surface area contributed by atoms with Gasteiger partial charge >= 0.3 is 0 Å². The Balaban J connectivity index is 1.93. The molecule has 3 rings (SSSR count). The van der Waals surface area contributed by atoms with Crippen LogP contribution in [0.15, 0.2) is 53.5 Å². The second-order valence-corrected chi connectivity index (χ2v) is 8.33. The van der Waals surface area contributed by atoms with Gasteiger partial charge in [-0.3, -0.25) is 4.79 Å². The van der Waals surface area contributed by atoms with E-state index in [1.54, 1.807) is 23.5 Å². The molecule has 0 saturated heterocycles. The lowest BCUT2D eigenvalue weighted by Gasteiger charge is -2.09. The summed E-state index contributed by atoms with van der Waals surface area (Å²) in [5.74, 6) is 0.561. The molecule has 1 amide bonds. The van der Waals surface area contributed by atoms with E-state index in [1.807, 2.05) is 12.1 Å². The summed E-state index contributed by atoms with van der Waals surface area (Å²) in [5.41, 5.74) is 4.13. The number of hydrogen-bond donors (Lipinski definition) is 0. The number of aromatic nitrogens is 1. The van der Waals surface area contributed by atoms with Crippen molar-refractivity contribution in [2.75, 3.05) is 6.61 Å². The first kappa shape index (κ1) is 22.0. The number of hydrogen-bond acceptors (Lipinski definition) is 3. The highest BCUT2D eigenvalue weighted by atomic mass is 32.1. The van der Waals surface area contributed by atoms with Crippen molar-refractivity contribution in [2.24, 2.45) is 4.99 Å². The zero-order chi connectivity index (χ0) is 21.5. The molecule has 0 aliphatic rings. The van der Waals surface area contributed by atoms with Crippen LogP contribution in [0.1, 0.15) is 54.4 Å². The van der Waals surface area contributed by atoms with Gasteiger partial charge in [-0.15, -0.1) is 11.3 Å². The van der Waals surface area contributed by atoms with Gasteiger partial charge < -0.3 is 9.30 Å². The molecule has 0 N–H and O–H groups in total. The Bertz CT molecular complexity index is 1040. The molecule has 0 atom stereocenters. The molecular weight excluding hydrogens is 392 g/mol. The van der Waals surface area contributed by atoms with E-state index in [0.29, 0.717) is 12.2 Å². The average molecular weight is 423 g/mol. The van der Waals surface area contributed by atoms with Crippen LogP contribution in [-0.4, -0.2) is 17.1 Å². The van der Waals surface area contributed by atoms with Gasteiger partial charge in [-0.1, -0.05) is 50.1 Å². The minimum Gasteiger partial charge on any atom is -0.494 e. The predicted octanol–water partition coefficient (Wildman–Crippen LogP) is 6.03. The molecule has 4 nitrogen and oxygen atoms in total. The Morgan fingerprint density at radius 1 is 1.03 bits per heavy atom. The number of aryl methyl sites for hydroxylation is 2. The van der Waals surface area contributed by atoms with Gasteiger partial charge in [-0.2, -0.15) is 4.99 Å². The minimum atomic E-state index is -0.225. The van der Waals surface area contributed by atoms with Crippen molar-refractivity contribution < 1.29 is 9.53 Å². The van der Waals surface area contributed by atoms with E-state index in [0.717, 1.165) is 47.6 Å². The van der Waals surface area contributed by atoms with Crippen LogP contribution in [0.3, 0.4) is 0 Å². The van der Waals surface area contributed by atoms with Crippen molar-refractivity contribution in [2.45, 2.75) is 53.5 Å². The van der Waals surface area contributed by atoms with Crippen LogP contribution in [0.4, 0.5) is 0 Å². The largest absolute Gasteiger partial charge is 0.494 e. The van der Waals surface area contributed by atoms with Crippen molar-refractivity contribution >= 4 is 17.2 Å². The molecule has 0 aliphatic carbocycles. The number of benzene rings is 2. The first-order valence-corrected chi connectivity index (χ1v) is 11.5. The van der Waals surface area contributed by atoms with Gasteiger partial charge in [0.05, 0.1) is 12.3 Å². The fourth-order valence-corrected chi connectivity index (χ4v) is 4.43. The lowest BCUT2D eigenvalue weighted by Crippen LogP contribution is -2.17. The Labute approximate surface area is 182 Å². The van der Waals surface area contributed by atoms with Crippen LogP contribution in [0.2, 0.25) is 0 Å². The van der Waals surface area contributed by atoms with Crippen LogP contribution in [0.25, 0.3) is 11.3 Å². The van der Waals surface area contributed by atoms with E-state index in [9.17, 15) is 4.79 Å². The second kappa shape index (κ2) is 10.4. The van der Waals surface area contributed by atoms with E-state index in [4.69, 9.17) is 4.74 Å². The first-order valence-electron chi connectivity index (χ1n) is 10.7. The van der Waals surface area contributed by atoms with Gasteiger partial charge in [-0.05, 0) is 56.5 Å². The number of ether oxygens (including phenoxy) is 1. The number of nitrogens with zero attached hydrogens (tertiary/aromatic N) is 2. The molecule has 30 heavy (non-hydrogen) atoms. The van der Waals surface area contributed by atoms with Crippen molar-refractivity contribution in [3.63, 3.8) is 0 Å². The maximum Gasteiger partial charge on any atom is 0.279 e. The molecule has 0 saturated carbocycles. The molecule has 3 aromatic rings. The van der Waals surface area contributed by atoms with E-state index in [2.05, 4.69) is 61.5 Å². The molecule has 158 valence electrons. The number of amides is 1. The summed E-state index contributed by atoms with van der Waals surface area (Å²) < 4.78 is 7.83. The van der Waals surface area contributed by atoms with Crippen LogP contribution in [0, 0.1) is 6.92 Å². The number of unbranched alkanes of at least 4 members (excludes halogenated alkanes) is 1. The van der Waals surface area contributed by atoms with Gasteiger partial charge in [0.1, 0.15) is 5.75 Å². The Kier molecular flexibility index (Phi) is 7.63. The normalized spacial score (nSPS) is 11.7. The number of thiazole rings is 1. The predicted molar refractivity (Wildman–Crippen MR) is 124 cm³/mol. The molecule has 1 heterocycles.